The van der Waals surface area contributed by atoms with Gasteiger partial charge in [-0.05, 0) is 19.3 Å². The van der Waals surface area contributed by atoms with Gasteiger partial charge in [0.1, 0.15) is 0 Å². The molecule has 0 unspecified atom stereocenters. The standard InChI is InChI=1S/C12H25NO3S/c1-2-9-17(14,15)10-8-16-12(11-13)6-4-3-5-7-12/h2-11,13H2,1H3. The first-order valence-electron chi connectivity index (χ1n) is 6.58. The van der Waals surface area contributed by atoms with Crippen LogP contribution in [0.4, 0.5) is 0 Å². The fourth-order valence-electron chi connectivity index (χ4n) is 2.40. The summed E-state index contributed by atoms with van der Waals surface area (Å²) < 4.78 is 28.9. The first kappa shape index (κ1) is 14.9. The summed E-state index contributed by atoms with van der Waals surface area (Å²) >= 11 is 0. The molecule has 0 aliphatic heterocycles. The molecule has 0 aromatic carbocycles. The predicted molar refractivity (Wildman–Crippen MR) is 69.8 cm³/mol. The lowest BCUT2D eigenvalue weighted by molar-refractivity contribution is -0.0563. The van der Waals surface area contributed by atoms with Crippen LogP contribution in [0.5, 0.6) is 0 Å². The number of hydrogen-bond acceptors (Lipinski definition) is 4. The van der Waals surface area contributed by atoms with Gasteiger partial charge in [-0.25, -0.2) is 8.42 Å². The lowest BCUT2D eigenvalue weighted by Gasteiger charge is -2.36. The number of hydrogen-bond donors (Lipinski definition) is 1. The minimum absolute atomic E-state index is 0.128. The van der Waals surface area contributed by atoms with Crippen molar-refractivity contribution >= 4 is 9.84 Å². The third-order valence-electron chi connectivity index (χ3n) is 3.45. The maximum absolute atomic E-state index is 11.6. The van der Waals surface area contributed by atoms with E-state index in [2.05, 4.69) is 0 Å². The van der Waals surface area contributed by atoms with Gasteiger partial charge >= 0.3 is 0 Å². The smallest absolute Gasteiger partial charge is 0.152 e. The monoisotopic (exact) mass is 263 g/mol. The first-order chi connectivity index (χ1) is 8.04. The Bertz CT molecular complexity index is 308. The van der Waals surface area contributed by atoms with Crippen molar-refractivity contribution in [3.05, 3.63) is 0 Å². The third-order valence-corrected chi connectivity index (χ3v) is 5.27. The second-order valence-corrected chi connectivity index (χ2v) is 7.25. The highest BCUT2D eigenvalue weighted by molar-refractivity contribution is 7.91. The quantitative estimate of drug-likeness (QED) is 0.755. The summed E-state index contributed by atoms with van der Waals surface area (Å²) in [6, 6.07) is 0. The van der Waals surface area contributed by atoms with E-state index < -0.39 is 9.84 Å². The van der Waals surface area contributed by atoms with Crippen molar-refractivity contribution in [2.24, 2.45) is 5.73 Å². The highest BCUT2D eigenvalue weighted by Gasteiger charge is 2.31. The van der Waals surface area contributed by atoms with Crippen LogP contribution in [0, 0.1) is 0 Å². The molecule has 4 nitrogen and oxygen atoms in total. The van der Waals surface area contributed by atoms with Crippen LogP contribution >= 0.6 is 0 Å². The average Bonchev–Trinajstić information content (AvgIpc) is 2.30. The van der Waals surface area contributed by atoms with Crippen molar-refractivity contribution < 1.29 is 13.2 Å². The van der Waals surface area contributed by atoms with Crippen molar-refractivity contribution in [1.29, 1.82) is 0 Å². The molecule has 0 amide bonds. The van der Waals surface area contributed by atoms with Gasteiger partial charge in [0.2, 0.25) is 0 Å². The Hall–Kier alpha value is -0.130. The zero-order valence-electron chi connectivity index (χ0n) is 10.8. The normalized spacial score (nSPS) is 20.4. The van der Waals surface area contributed by atoms with E-state index in [4.69, 9.17) is 10.5 Å². The van der Waals surface area contributed by atoms with Gasteiger partial charge in [-0.1, -0.05) is 26.2 Å². The largest absolute Gasteiger partial charge is 0.373 e. The molecule has 0 bridgehead atoms. The van der Waals surface area contributed by atoms with Gasteiger partial charge in [-0.15, -0.1) is 0 Å². The lowest BCUT2D eigenvalue weighted by Crippen LogP contribution is -2.43. The molecule has 102 valence electrons. The molecule has 1 rings (SSSR count). The molecule has 0 radical (unpaired) electrons. The minimum Gasteiger partial charge on any atom is -0.373 e. The van der Waals surface area contributed by atoms with Gasteiger partial charge in [0.15, 0.2) is 9.84 Å². The van der Waals surface area contributed by atoms with Gasteiger partial charge in [0.05, 0.1) is 18.0 Å². The van der Waals surface area contributed by atoms with E-state index in [0.29, 0.717) is 19.6 Å². The van der Waals surface area contributed by atoms with Crippen molar-refractivity contribution in [2.45, 2.75) is 51.0 Å². The summed E-state index contributed by atoms with van der Waals surface area (Å²) in [7, 11) is -2.93. The SMILES string of the molecule is CCCS(=O)(=O)CCOC1(CN)CCCCC1. The minimum atomic E-state index is -2.93. The van der Waals surface area contributed by atoms with Crippen LogP contribution in [0.25, 0.3) is 0 Å². The second kappa shape index (κ2) is 6.71. The van der Waals surface area contributed by atoms with Crippen LogP contribution in [0.15, 0.2) is 0 Å². The predicted octanol–water partition coefficient (Wildman–Crippen LogP) is 1.49. The third kappa shape index (κ3) is 4.94. The van der Waals surface area contributed by atoms with Crippen LogP contribution < -0.4 is 5.73 Å². The maximum atomic E-state index is 11.6. The molecular formula is C12H25NO3S. The van der Waals surface area contributed by atoms with E-state index in [-0.39, 0.29) is 17.1 Å². The van der Waals surface area contributed by atoms with Crippen LogP contribution in [-0.4, -0.2) is 38.7 Å². The molecule has 0 saturated heterocycles. The second-order valence-electron chi connectivity index (χ2n) is 4.95. The van der Waals surface area contributed by atoms with Gasteiger partial charge in [0.25, 0.3) is 0 Å². The van der Waals surface area contributed by atoms with Crippen molar-refractivity contribution in [2.75, 3.05) is 24.7 Å². The average molecular weight is 263 g/mol. The van der Waals surface area contributed by atoms with E-state index in [1.165, 1.54) is 6.42 Å². The Morgan fingerprint density at radius 1 is 1.18 bits per heavy atom. The molecule has 0 aromatic heterocycles. The molecule has 0 spiro atoms. The molecule has 17 heavy (non-hydrogen) atoms. The van der Waals surface area contributed by atoms with Gasteiger partial charge in [-0.3, -0.25) is 0 Å². The highest BCUT2D eigenvalue weighted by Crippen LogP contribution is 2.30. The number of rotatable bonds is 7. The number of nitrogens with two attached hydrogens (primary N) is 1. The Morgan fingerprint density at radius 2 is 1.82 bits per heavy atom. The summed E-state index contributed by atoms with van der Waals surface area (Å²) in [6.07, 6.45) is 6.12. The van der Waals surface area contributed by atoms with Gasteiger partial charge in [-0.2, -0.15) is 0 Å². The van der Waals surface area contributed by atoms with Crippen molar-refractivity contribution in [3.8, 4) is 0 Å². The molecule has 2 N–H and O–H groups in total. The first-order valence-corrected chi connectivity index (χ1v) is 8.40. The molecular weight excluding hydrogens is 238 g/mol. The Kier molecular flexibility index (Phi) is 5.89. The van der Waals surface area contributed by atoms with E-state index in [0.717, 1.165) is 25.7 Å². The molecule has 0 atom stereocenters. The fraction of sp³-hybridized carbons (Fsp3) is 1.00. The Labute approximate surface area is 105 Å². The van der Waals surface area contributed by atoms with Crippen LogP contribution in [-0.2, 0) is 14.6 Å². The zero-order chi connectivity index (χ0) is 12.8. The molecule has 1 saturated carbocycles. The van der Waals surface area contributed by atoms with Crippen molar-refractivity contribution in [1.82, 2.24) is 0 Å². The molecule has 5 heteroatoms. The zero-order valence-corrected chi connectivity index (χ0v) is 11.6. The summed E-state index contributed by atoms with van der Waals surface area (Å²) in [5, 5.41) is 0. The summed E-state index contributed by atoms with van der Waals surface area (Å²) in [5.41, 5.74) is 5.52. The summed E-state index contributed by atoms with van der Waals surface area (Å²) in [6.45, 7) is 2.67. The van der Waals surface area contributed by atoms with Crippen LogP contribution in [0.3, 0.4) is 0 Å². The topological polar surface area (TPSA) is 69.4 Å². The lowest BCUT2D eigenvalue weighted by atomic mass is 9.85. The Morgan fingerprint density at radius 3 is 2.35 bits per heavy atom. The van der Waals surface area contributed by atoms with Crippen LogP contribution in [0.2, 0.25) is 0 Å². The van der Waals surface area contributed by atoms with E-state index in [1.807, 2.05) is 6.92 Å². The maximum Gasteiger partial charge on any atom is 0.152 e. The summed E-state index contributed by atoms with van der Waals surface area (Å²) in [4.78, 5) is 0. The van der Waals surface area contributed by atoms with E-state index in [9.17, 15) is 8.42 Å². The molecule has 1 aliphatic rings. The van der Waals surface area contributed by atoms with Gasteiger partial charge in [0, 0.05) is 12.3 Å². The Balaban J connectivity index is 2.38. The highest BCUT2D eigenvalue weighted by atomic mass is 32.2. The van der Waals surface area contributed by atoms with Gasteiger partial charge < -0.3 is 10.5 Å². The molecule has 0 aromatic rings. The van der Waals surface area contributed by atoms with E-state index in [1.54, 1.807) is 0 Å². The molecule has 1 aliphatic carbocycles. The summed E-state index contributed by atoms with van der Waals surface area (Å²) in [5.74, 6) is 0.384. The van der Waals surface area contributed by atoms with Crippen LogP contribution in [0.1, 0.15) is 45.4 Å². The fourth-order valence-corrected chi connectivity index (χ4v) is 3.57. The molecule has 1 fully saturated rings. The molecule has 0 heterocycles. The number of ether oxygens (including phenoxy) is 1. The van der Waals surface area contributed by atoms with Crippen molar-refractivity contribution in [3.63, 3.8) is 0 Å². The number of sulfone groups is 1. The van der Waals surface area contributed by atoms with E-state index >= 15 is 0 Å².